The summed E-state index contributed by atoms with van der Waals surface area (Å²) < 4.78 is 27.6. The summed E-state index contributed by atoms with van der Waals surface area (Å²) >= 11 is 0. The van der Waals surface area contributed by atoms with Crippen LogP contribution in [0.4, 0.5) is 8.78 Å². The topological polar surface area (TPSA) is 0 Å². The van der Waals surface area contributed by atoms with Gasteiger partial charge in [0.25, 0.3) is 0 Å². The lowest BCUT2D eigenvalue weighted by Crippen LogP contribution is -1.98. The van der Waals surface area contributed by atoms with Crippen molar-refractivity contribution in [2.45, 2.75) is 19.8 Å². The highest BCUT2D eigenvalue weighted by Crippen LogP contribution is 2.28. The van der Waals surface area contributed by atoms with Gasteiger partial charge in [-0.1, -0.05) is 44.2 Å². The van der Waals surface area contributed by atoms with Crippen molar-refractivity contribution in [3.63, 3.8) is 0 Å². The Hall–Kier alpha value is -1.70. The van der Waals surface area contributed by atoms with Crippen molar-refractivity contribution in [3.8, 4) is 11.1 Å². The van der Waals surface area contributed by atoms with Crippen molar-refractivity contribution in [2.24, 2.45) is 0 Å². The Bertz CT molecular complexity index is 493. The minimum atomic E-state index is -0.473. The maximum absolute atomic E-state index is 13.8. The van der Waals surface area contributed by atoms with Crippen LogP contribution in [0.2, 0.25) is 0 Å². The Morgan fingerprint density at radius 2 is 1.35 bits per heavy atom. The molecule has 0 radical (unpaired) electrons. The fraction of sp³-hybridized carbons (Fsp3) is 0.200. The van der Waals surface area contributed by atoms with Crippen molar-refractivity contribution < 1.29 is 8.78 Å². The van der Waals surface area contributed by atoms with Gasteiger partial charge in [0.2, 0.25) is 0 Å². The van der Waals surface area contributed by atoms with Gasteiger partial charge in [0, 0.05) is 5.56 Å². The molecule has 0 aliphatic rings. The lowest BCUT2D eigenvalue weighted by Gasteiger charge is -2.11. The second kappa shape index (κ2) is 4.66. The van der Waals surface area contributed by atoms with E-state index in [2.05, 4.69) is 0 Å². The van der Waals surface area contributed by atoms with Gasteiger partial charge in [-0.2, -0.15) is 0 Å². The summed E-state index contributed by atoms with van der Waals surface area (Å²) in [5, 5.41) is 0. The van der Waals surface area contributed by atoms with E-state index >= 15 is 0 Å². The van der Waals surface area contributed by atoms with Gasteiger partial charge in [-0.15, -0.1) is 0 Å². The molecule has 2 aromatic carbocycles. The predicted molar refractivity (Wildman–Crippen MR) is 65.9 cm³/mol. The van der Waals surface area contributed by atoms with E-state index in [4.69, 9.17) is 0 Å². The van der Waals surface area contributed by atoms with Crippen LogP contribution in [0.1, 0.15) is 25.3 Å². The lowest BCUT2D eigenvalue weighted by atomic mass is 9.97. The molecule has 0 saturated carbocycles. The van der Waals surface area contributed by atoms with E-state index in [9.17, 15) is 8.78 Å². The first-order valence-electron chi connectivity index (χ1n) is 5.64. The maximum Gasteiger partial charge on any atom is 0.130 e. The van der Waals surface area contributed by atoms with Gasteiger partial charge >= 0.3 is 0 Å². The standard InChI is InChI=1S/C15H14F2/c1-10(2)15-13(16)8-12(9-14(15)17)11-6-4-3-5-7-11/h3-10H,1-2H3. The van der Waals surface area contributed by atoms with Gasteiger partial charge in [0.15, 0.2) is 0 Å². The molecule has 2 heteroatoms. The van der Waals surface area contributed by atoms with Gasteiger partial charge in [0.05, 0.1) is 0 Å². The molecule has 0 atom stereocenters. The molecule has 0 spiro atoms. The molecule has 0 unspecified atom stereocenters. The molecule has 2 rings (SSSR count). The summed E-state index contributed by atoms with van der Waals surface area (Å²) in [6.45, 7) is 3.56. The Morgan fingerprint density at radius 3 is 1.82 bits per heavy atom. The lowest BCUT2D eigenvalue weighted by molar-refractivity contribution is 0.542. The molecule has 0 N–H and O–H groups in total. The third-order valence-electron chi connectivity index (χ3n) is 2.76. The predicted octanol–water partition coefficient (Wildman–Crippen LogP) is 4.76. The van der Waals surface area contributed by atoms with Crippen molar-refractivity contribution in [2.75, 3.05) is 0 Å². The SMILES string of the molecule is CC(C)c1c(F)cc(-c2ccccc2)cc1F. The molecule has 17 heavy (non-hydrogen) atoms. The van der Waals surface area contributed by atoms with Crippen molar-refractivity contribution >= 4 is 0 Å². The molecule has 0 amide bonds. The number of benzene rings is 2. The zero-order chi connectivity index (χ0) is 12.4. The molecule has 0 aliphatic heterocycles. The molecule has 0 aliphatic carbocycles. The van der Waals surface area contributed by atoms with Crippen molar-refractivity contribution in [3.05, 3.63) is 59.7 Å². The van der Waals surface area contributed by atoms with Gasteiger partial charge in [0.1, 0.15) is 11.6 Å². The number of hydrogen-bond acceptors (Lipinski definition) is 0. The van der Waals surface area contributed by atoms with Crippen LogP contribution in [0.5, 0.6) is 0 Å². The molecule has 0 saturated heterocycles. The van der Waals surface area contributed by atoms with Gasteiger partial charge in [-0.3, -0.25) is 0 Å². The highest BCUT2D eigenvalue weighted by atomic mass is 19.1. The fourth-order valence-corrected chi connectivity index (χ4v) is 1.93. The van der Waals surface area contributed by atoms with Gasteiger partial charge in [-0.05, 0) is 29.2 Å². The summed E-state index contributed by atoms with van der Waals surface area (Å²) in [6.07, 6.45) is 0. The van der Waals surface area contributed by atoms with E-state index in [0.717, 1.165) is 5.56 Å². The van der Waals surface area contributed by atoms with E-state index in [-0.39, 0.29) is 11.5 Å². The fourth-order valence-electron chi connectivity index (χ4n) is 1.93. The molecule has 0 fully saturated rings. The number of halogens is 2. The number of rotatable bonds is 2. The van der Waals surface area contributed by atoms with Gasteiger partial charge < -0.3 is 0 Å². The van der Waals surface area contributed by atoms with Crippen LogP contribution in [0.3, 0.4) is 0 Å². The van der Waals surface area contributed by atoms with E-state index in [1.807, 2.05) is 30.3 Å². The molecule has 2 aromatic rings. The molecule has 0 bridgehead atoms. The first kappa shape index (κ1) is 11.8. The average molecular weight is 232 g/mol. The summed E-state index contributed by atoms with van der Waals surface area (Å²) in [5.74, 6) is -1.10. The highest BCUT2D eigenvalue weighted by Gasteiger charge is 2.14. The Labute approximate surface area is 99.9 Å². The Morgan fingerprint density at radius 1 is 0.824 bits per heavy atom. The quantitative estimate of drug-likeness (QED) is 0.700. The van der Waals surface area contributed by atoms with Crippen LogP contribution in [-0.4, -0.2) is 0 Å². The summed E-state index contributed by atoms with van der Waals surface area (Å²) in [7, 11) is 0. The van der Waals surface area contributed by atoms with Crippen molar-refractivity contribution in [1.29, 1.82) is 0 Å². The summed E-state index contributed by atoms with van der Waals surface area (Å²) in [4.78, 5) is 0. The second-order valence-electron chi connectivity index (χ2n) is 4.37. The van der Waals surface area contributed by atoms with Crippen LogP contribution in [0.25, 0.3) is 11.1 Å². The van der Waals surface area contributed by atoms with Crippen LogP contribution in [0, 0.1) is 11.6 Å². The van der Waals surface area contributed by atoms with E-state index in [0.29, 0.717) is 5.56 Å². The van der Waals surface area contributed by atoms with Crippen molar-refractivity contribution in [1.82, 2.24) is 0 Å². The Balaban J connectivity index is 2.53. The molecular weight excluding hydrogens is 218 g/mol. The maximum atomic E-state index is 13.8. The van der Waals surface area contributed by atoms with E-state index < -0.39 is 11.6 Å². The monoisotopic (exact) mass is 232 g/mol. The van der Waals surface area contributed by atoms with Crippen LogP contribution < -0.4 is 0 Å². The molecular formula is C15H14F2. The zero-order valence-corrected chi connectivity index (χ0v) is 9.87. The Kier molecular flexibility index (Phi) is 3.23. The smallest absolute Gasteiger partial charge is 0.130 e. The number of hydrogen-bond donors (Lipinski definition) is 0. The van der Waals surface area contributed by atoms with Crippen LogP contribution >= 0.6 is 0 Å². The zero-order valence-electron chi connectivity index (χ0n) is 9.87. The van der Waals surface area contributed by atoms with Gasteiger partial charge in [-0.25, -0.2) is 8.78 Å². The normalized spacial score (nSPS) is 10.9. The molecule has 0 heterocycles. The minimum Gasteiger partial charge on any atom is -0.207 e. The third-order valence-corrected chi connectivity index (χ3v) is 2.76. The third kappa shape index (κ3) is 2.36. The molecule has 0 aromatic heterocycles. The molecule has 88 valence electrons. The summed E-state index contributed by atoms with van der Waals surface area (Å²) in [6, 6.07) is 12.0. The largest absolute Gasteiger partial charge is 0.207 e. The summed E-state index contributed by atoms with van der Waals surface area (Å²) in [5.41, 5.74) is 1.55. The highest BCUT2D eigenvalue weighted by molar-refractivity contribution is 5.64. The average Bonchev–Trinajstić information content (AvgIpc) is 2.28. The minimum absolute atomic E-state index is 0.153. The first-order valence-corrected chi connectivity index (χ1v) is 5.64. The second-order valence-corrected chi connectivity index (χ2v) is 4.37. The molecule has 0 nitrogen and oxygen atoms in total. The van der Waals surface area contributed by atoms with Crippen LogP contribution in [0.15, 0.2) is 42.5 Å². The van der Waals surface area contributed by atoms with E-state index in [1.165, 1.54) is 12.1 Å². The first-order chi connectivity index (χ1) is 8.09. The van der Waals surface area contributed by atoms with E-state index in [1.54, 1.807) is 13.8 Å². The van der Waals surface area contributed by atoms with Crippen LogP contribution in [-0.2, 0) is 0 Å².